The second-order valence-corrected chi connectivity index (χ2v) is 13.4. The number of anilines is 3. The summed E-state index contributed by atoms with van der Waals surface area (Å²) in [5, 5.41) is 2.66. The molecule has 0 bridgehead atoms. The van der Waals surface area contributed by atoms with Crippen molar-refractivity contribution in [3.63, 3.8) is 0 Å². The number of hydrogen-bond acceptors (Lipinski definition) is 1. The Hall–Kier alpha value is -5.22. The molecule has 0 aliphatic carbocycles. The molecule has 0 amide bonds. The molecule has 7 aromatic rings. The summed E-state index contributed by atoms with van der Waals surface area (Å²) in [7, 11) is 0. The van der Waals surface area contributed by atoms with Crippen LogP contribution in [0.5, 0.6) is 0 Å². The van der Waals surface area contributed by atoms with Crippen molar-refractivity contribution < 1.29 is 9.13 Å². The molecule has 0 saturated heterocycles. The molecule has 5 aliphatic rings. The van der Waals surface area contributed by atoms with Crippen LogP contribution in [0.4, 0.5) is 17.1 Å². The molecule has 12 rings (SSSR count). The number of pyridine rings is 2. The first-order chi connectivity index (χ1) is 21.1. The van der Waals surface area contributed by atoms with E-state index < -0.39 is 5.66 Å². The monoisotopic (exact) mass is 550 g/mol. The number of nitrogens with zero attached hydrogens (tertiary/aromatic N) is 4. The minimum Gasteiger partial charge on any atom is -0.308 e. The molecule has 3 aromatic heterocycles. The van der Waals surface area contributed by atoms with Gasteiger partial charge in [-0.3, -0.25) is 0 Å². The predicted octanol–water partition coefficient (Wildman–Crippen LogP) is 7.28. The fraction of sp³-hybridized carbons (Fsp3) is 0.128. The maximum absolute atomic E-state index is 2.63. The molecular weight excluding hydrogens is 524 g/mol. The summed E-state index contributed by atoms with van der Waals surface area (Å²) in [4.78, 5) is 2.60. The Kier molecular flexibility index (Phi) is 3.20. The molecule has 5 aliphatic heterocycles. The fourth-order valence-corrected chi connectivity index (χ4v) is 9.75. The highest BCUT2D eigenvalue weighted by Gasteiger charge is 2.69. The van der Waals surface area contributed by atoms with E-state index in [1.165, 1.54) is 89.3 Å². The molecule has 1 spiro atoms. The molecule has 4 nitrogen and oxygen atoms in total. The van der Waals surface area contributed by atoms with Gasteiger partial charge in [0, 0.05) is 46.2 Å². The Labute approximate surface area is 248 Å². The van der Waals surface area contributed by atoms with Gasteiger partial charge in [-0.05, 0) is 59.7 Å². The van der Waals surface area contributed by atoms with Gasteiger partial charge in [-0.2, -0.15) is 9.13 Å². The summed E-state index contributed by atoms with van der Waals surface area (Å²) in [5.74, 6) is 0. The van der Waals surface area contributed by atoms with Crippen molar-refractivity contribution in [2.45, 2.75) is 31.3 Å². The smallest absolute Gasteiger partial charge is 0.308 e. The van der Waals surface area contributed by atoms with E-state index in [1.807, 2.05) is 0 Å². The van der Waals surface area contributed by atoms with Crippen LogP contribution in [0.1, 0.15) is 47.2 Å². The third-order valence-electron chi connectivity index (χ3n) is 11.3. The highest BCUT2D eigenvalue weighted by Crippen LogP contribution is 2.63. The number of para-hydroxylation sites is 2. The zero-order valence-electron chi connectivity index (χ0n) is 23.9. The lowest BCUT2D eigenvalue weighted by molar-refractivity contribution is -0.954. The van der Waals surface area contributed by atoms with E-state index in [2.05, 4.69) is 142 Å². The summed E-state index contributed by atoms with van der Waals surface area (Å²) in [6.45, 7) is 4.88. The quantitative estimate of drug-likeness (QED) is 0.181. The van der Waals surface area contributed by atoms with Gasteiger partial charge in [-0.15, -0.1) is 4.57 Å². The van der Waals surface area contributed by atoms with Crippen molar-refractivity contribution in [1.82, 2.24) is 4.57 Å². The number of rotatable bonds is 0. The summed E-state index contributed by atoms with van der Waals surface area (Å²) >= 11 is 0. The lowest BCUT2D eigenvalue weighted by atomic mass is 9.69. The third-order valence-corrected chi connectivity index (χ3v) is 11.3. The Bertz CT molecular complexity index is 2530. The van der Waals surface area contributed by atoms with Crippen molar-refractivity contribution in [3.8, 4) is 16.9 Å². The molecule has 4 aromatic carbocycles. The van der Waals surface area contributed by atoms with Crippen molar-refractivity contribution >= 4 is 39.0 Å². The lowest BCUT2D eigenvalue weighted by Crippen LogP contribution is -2.76. The minimum absolute atomic E-state index is 0.154. The van der Waals surface area contributed by atoms with Gasteiger partial charge < -0.3 is 4.90 Å². The molecule has 1 atom stereocenters. The van der Waals surface area contributed by atoms with E-state index in [4.69, 9.17) is 0 Å². The van der Waals surface area contributed by atoms with Crippen LogP contribution in [0.25, 0.3) is 38.9 Å². The van der Waals surface area contributed by atoms with Crippen LogP contribution in [-0.4, -0.2) is 4.57 Å². The molecule has 1 unspecified atom stereocenters. The van der Waals surface area contributed by atoms with E-state index in [0.29, 0.717) is 0 Å². The van der Waals surface area contributed by atoms with Gasteiger partial charge in [0.05, 0.1) is 28.5 Å². The summed E-state index contributed by atoms with van der Waals surface area (Å²) < 4.78 is 7.83. The Morgan fingerprint density at radius 3 is 2.42 bits per heavy atom. The zero-order valence-corrected chi connectivity index (χ0v) is 23.9. The summed E-state index contributed by atoms with van der Waals surface area (Å²) in [5.41, 5.74) is 18.3. The lowest BCUT2D eigenvalue weighted by Gasteiger charge is -2.46. The standard InChI is InChI=1S/C39H26N4/c1-38(2)27-14-7-11-24-25-13-9-19-41-37(25)43(35(24)27)36-28(38)21-23-20-22-10-3-4-15-29(22)42-31-17-8-12-26-30-16-5-6-18-40(30)39(41,32(26)31)33(36)34(23)42/h3-19,21H,20H2,1-2H3/q+2. The van der Waals surface area contributed by atoms with Crippen molar-refractivity contribution in [1.29, 1.82) is 0 Å². The normalized spacial score (nSPS) is 19.5. The molecule has 0 saturated carbocycles. The van der Waals surface area contributed by atoms with Gasteiger partial charge in [0.1, 0.15) is 16.6 Å². The molecule has 43 heavy (non-hydrogen) atoms. The number of hydrogen-bond donors (Lipinski definition) is 0. The van der Waals surface area contributed by atoms with Gasteiger partial charge >= 0.3 is 11.3 Å². The van der Waals surface area contributed by atoms with Crippen molar-refractivity contribution in [2.24, 2.45) is 0 Å². The van der Waals surface area contributed by atoms with E-state index >= 15 is 0 Å². The fourth-order valence-electron chi connectivity index (χ4n) is 9.75. The average molecular weight is 551 g/mol. The van der Waals surface area contributed by atoms with E-state index in [0.717, 1.165) is 6.42 Å². The van der Waals surface area contributed by atoms with E-state index in [9.17, 15) is 0 Å². The summed E-state index contributed by atoms with van der Waals surface area (Å²) in [6, 6.07) is 36.8. The van der Waals surface area contributed by atoms with Gasteiger partial charge in [0.2, 0.25) is 5.69 Å². The molecule has 200 valence electrons. The van der Waals surface area contributed by atoms with Gasteiger partial charge in [0.15, 0.2) is 11.9 Å². The highest BCUT2D eigenvalue weighted by atomic mass is 15.4. The predicted molar refractivity (Wildman–Crippen MR) is 168 cm³/mol. The largest absolute Gasteiger partial charge is 0.371 e. The SMILES string of the molecule is CC1(C)c2cc3c4c5c2-n2c6c1cccc6c1ccc[n+](c12)C51c2c(cccc2N4c2ccccc2C3)-c2cccc[n+]21. The van der Waals surface area contributed by atoms with E-state index in [1.54, 1.807) is 0 Å². The molecule has 0 radical (unpaired) electrons. The molecular formula is C39H26N4+2. The van der Waals surface area contributed by atoms with Crippen LogP contribution in [0.3, 0.4) is 0 Å². The van der Waals surface area contributed by atoms with Crippen molar-refractivity contribution in [3.05, 3.63) is 143 Å². The number of aromatic nitrogens is 3. The van der Waals surface area contributed by atoms with Crippen LogP contribution in [-0.2, 0) is 17.5 Å². The summed E-state index contributed by atoms with van der Waals surface area (Å²) in [6.07, 6.45) is 5.59. The molecule has 0 fully saturated rings. The molecule has 8 heterocycles. The van der Waals surface area contributed by atoms with Crippen LogP contribution < -0.4 is 14.0 Å². The van der Waals surface area contributed by atoms with Crippen LogP contribution in [0.2, 0.25) is 0 Å². The third kappa shape index (κ3) is 1.96. The first-order valence-electron chi connectivity index (χ1n) is 15.3. The number of fused-ring (bicyclic) bond motifs is 6. The van der Waals surface area contributed by atoms with Crippen LogP contribution in [0, 0.1) is 0 Å². The average Bonchev–Trinajstić information content (AvgIpc) is 3.54. The van der Waals surface area contributed by atoms with Gasteiger partial charge in [-0.25, -0.2) is 0 Å². The second kappa shape index (κ2) is 6.40. The minimum atomic E-state index is -0.543. The highest BCUT2D eigenvalue weighted by molar-refractivity contribution is 6.11. The first kappa shape index (κ1) is 21.5. The maximum atomic E-state index is 2.63. The van der Waals surface area contributed by atoms with Crippen LogP contribution >= 0.6 is 0 Å². The first-order valence-corrected chi connectivity index (χ1v) is 15.3. The molecule has 4 heteroatoms. The van der Waals surface area contributed by atoms with Gasteiger partial charge in [0.25, 0.3) is 0 Å². The Morgan fingerprint density at radius 1 is 0.651 bits per heavy atom. The van der Waals surface area contributed by atoms with E-state index in [-0.39, 0.29) is 5.41 Å². The van der Waals surface area contributed by atoms with Crippen LogP contribution in [0.15, 0.2) is 109 Å². The maximum Gasteiger partial charge on any atom is 0.371 e. The van der Waals surface area contributed by atoms with Gasteiger partial charge in [-0.1, -0.05) is 50.2 Å². The Balaban J connectivity index is 1.45. The second-order valence-electron chi connectivity index (χ2n) is 13.4. The molecule has 0 N–H and O–H groups in total. The number of benzene rings is 4. The topological polar surface area (TPSA) is 15.9 Å². The zero-order chi connectivity index (χ0) is 28.0. The Morgan fingerprint density at radius 2 is 1.47 bits per heavy atom. The van der Waals surface area contributed by atoms with Crippen molar-refractivity contribution in [2.75, 3.05) is 4.90 Å².